The van der Waals surface area contributed by atoms with Gasteiger partial charge in [-0.2, -0.15) is 0 Å². The van der Waals surface area contributed by atoms with E-state index in [-0.39, 0.29) is 11.7 Å². The van der Waals surface area contributed by atoms with Gasteiger partial charge in [0, 0.05) is 19.0 Å². The average molecular weight is 273 g/mol. The lowest BCUT2D eigenvalue weighted by Gasteiger charge is -2.12. The first-order valence-corrected chi connectivity index (χ1v) is 7.38. The Bertz CT molecular complexity index is 588. The van der Waals surface area contributed by atoms with Gasteiger partial charge < -0.3 is 10.3 Å². The minimum absolute atomic E-state index is 0.0369. The van der Waals surface area contributed by atoms with Crippen molar-refractivity contribution in [2.45, 2.75) is 39.7 Å². The molecule has 1 aromatic carbocycles. The highest BCUT2D eigenvalue weighted by Crippen LogP contribution is 2.18. The maximum Gasteiger partial charge on any atom is 0.144 e. The van der Waals surface area contributed by atoms with Crippen LogP contribution in [-0.2, 0) is 17.8 Å². The van der Waals surface area contributed by atoms with Gasteiger partial charge in [0.15, 0.2) is 0 Å². The lowest BCUT2D eigenvalue weighted by atomic mass is 9.96. The van der Waals surface area contributed by atoms with E-state index >= 15 is 0 Å². The molecular formula is C16H23N3O. The minimum Gasteiger partial charge on any atom is -0.330 e. The number of carbonyl (C=O) groups is 1. The molecule has 2 aromatic rings. The first-order valence-electron chi connectivity index (χ1n) is 7.38. The van der Waals surface area contributed by atoms with Gasteiger partial charge in [-0.15, -0.1) is 0 Å². The van der Waals surface area contributed by atoms with Crippen LogP contribution in [0.3, 0.4) is 0 Å². The SMILES string of the molecule is CCCC(CN)C(=O)Cc1nc2ccccc2n1CC. The van der Waals surface area contributed by atoms with Gasteiger partial charge >= 0.3 is 0 Å². The predicted molar refractivity (Wildman–Crippen MR) is 81.6 cm³/mol. The van der Waals surface area contributed by atoms with Crippen LogP contribution in [0.1, 0.15) is 32.5 Å². The number of para-hydroxylation sites is 2. The third kappa shape index (κ3) is 2.90. The number of hydrogen-bond acceptors (Lipinski definition) is 3. The first kappa shape index (κ1) is 14.7. The Morgan fingerprint density at radius 1 is 1.35 bits per heavy atom. The lowest BCUT2D eigenvalue weighted by molar-refractivity contribution is -0.122. The third-order valence-electron chi connectivity index (χ3n) is 3.76. The quantitative estimate of drug-likeness (QED) is 0.843. The summed E-state index contributed by atoms with van der Waals surface area (Å²) in [5.41, 5.74) is 7.76. The summed E-state index contributed by atoms with van der Waals surface area (Å²) in [5, 5.41) is 0. The van der Waals surface area contributed by atoms with Crippen molar-refractivity contribution in [3.05, 3.63) is 30.1 Å². The van der Waals surface area contributed by atoms with E-state index in [0.717, 1.165) is 36.2 Å². The van der Waals surface area contributed by atoms with Gasteiger partial charge in [0.1, 0.15) is 11.6 Å². The molecular weight excluding hydrogens is 250 g/mol. The zero-order chi connectivity index (χ0) is 14.5. The highest BCUT2D eigenvalue weighted by Gasteiger charge is 2.19. The molecule has 0 amide bonds. The van der Waals surface area contributed by atoms with Crippen LogP contribution >= 0.6 is 0 Å². The van der Waals surface area contributed by atoms with Crippen molar-refractivity contribution in [3.63, 3.8) is 0 Å². The molecule has 0 bridgehead atoms. The Kier molecular flexibility index (Phi) is 4.90. The molecule has 0 aliphatic heterocycles. The van der Waals surface area contributed by atoms with E-state index in [4.69, 9.17) is 5.73 Å². The van der Waals surface area contributed by atoms with Gasteiger partial charge in [-0.05, 0) is 25.5 Å². The lowest BCUT2D eigenvalue weighted by Crippen LogP contribution is -2.26. The standard InChI is InChI=1S/C16H23N3O/c1-3-7-12(11-17)15(20)10-16-18-13-8-5-6-9-14(13)19(16)4-2/h5-6,8-9,12H,3-4,7,10-11,17H2,1-2H3. The van der Waals surface area contributed by atoms with Crippen LogP contribution in [-0.4, -0.2) is 21.9 Å². The van der Waals surface area contributed by atoms with Crippen LogP contribution in [0.5, 0.6) is 0 Å². The number of rotatable bonds is 7. The Balaban J connectivity index is 2.26. The summed E-state index contributed by atoms with van der Waals surface area (Å²) < 4.78 is 2.12. The molecule has 0 saturated heterocycles. The molecule has 20 heavy (non-hydrogen) atoms. The van der Waals surface area contributed by atoms with Crippen molar-refractivity contribution in [1.82, 2.24) is 9.55 Å². The number of imidazole rings is 1. The maximum absolute atomic E-state index is 12.3. The van der Waals surface area contributed by atoms with Crippen molar-refractivity contribution < 1.29 is 4.79 Å². The van der Waals surface area contributed by atoms with Crippen LogP contribution < -0.4 is 5.73 Å². The number of benzene rings is 1. The molecule has 4 heteroatoms. The molecule has 1 aromatic heterocycles. The summed E-state index contributed by atoms with van der Waals surface area (Å²) in [5.74, 6) is 1.03. The van der Waals surface area contributed by atoms with Gasteiger partial charge in [0.05, 0.1) is 17.5 Å². The van der Waals surface area contributed by atoms with Crippen molar-refractivity contribution in [3.8, 4) is 0 Å². The monoisotopic (exact) mass is 273 g/mol. The largest absolute Gasteiger partial charge is 0.330 e. The van der Waals surface area contributed by atoms with E-state index in [0.29, 0.717) is 13.0 Å². The number of aryl methyl sites for hydroxylation is 1. The number of Topliss-reactive ketones (excluding diaryl/α,β-unsaturated/α-hetero) is 1. The number of carbonyl (C=O) groups excluding carboxylic acids is 1. The maximum atomic E-state index is 12.3. The Morgan fingerprint density at radius 3 is 2.75 bits per heavy atom. The van der Waals surface area contributed by atoms with E-state index in [1.807, 2.05) is 24.3 Å². The molecule has 1 atom stereocenters. The molecule has 1 heterocycles. The second-order valence-corrected chi connectivity index (χ2v) is 5.13. The van der Waals surface area contributed by atoms with Gasteiger partial charge in [-0.1, -0.05) is 25.5 Å². The van der Waals surface area contributed by atoms with Crippen LogP contribution in [0.25, 0.3) is 11.0 Å². The van der Waals surface area contributed by atoms with Gasteiger partial charge in [-0.3, -0.25) is 4.79 Å². The Morgan fingerprint density at radius 2 is 2.10 bits per heavy atom. The number of fused-ring (bicyclic) bond motifs is 1. The Hall–Kier alpha value is -1.68. The second-order valence-electron chi connectivity index (χ2n) is 5.13. The fraction of sp³-hybridized carbons (Fsp3) is 0.500. The number of aromatic nitrogens is 2. The fourth-order valence-electron chi connectivity index (χ4n) is 2.67. The van der Waals surface area contributed by atoms with E-state index in [1.165, 1.54) is 0 Å². The van der Waals surface area contributed by atoms with E-state index in [9.17, 15) is 4.79 Å². The van der Waals surface area contributed by atoms with Gasteiger partial charge in [0.25, 0.3) is 0 Å². The summed E-state index contributed by atoms with van der Waals surface area (Å²) in [7, 11) is 0. The highest BCUT2D eigenvalue weighted by molar-refractivity contribution is 5.84. The van der Waals surface area contributed by atoms with Crippen molar-refractivity contribution in [2.75, 3.05) is 6.54 Å². The van der Waals surface area contributed by atoms with Crippen molar-refractivity contribution in [2.24, 2.45) is 11.7 Å². The minimum atomic E-state index is -0.0369. The normalized spacial score (nSPS) is 12.8. The van der Waals surface area contributed by atoms with Gasteiger partial charge in [0.2, 0.25) is 0 Å². The molecule has 0 aliphatic rings. The van der Waals surface area contributed by atoms with Crippen LogP contribution in [0.4, 0.5) is 0 Å². The molecule has 0 radical (unpaired) electrons. The topological polar surface area (TPSA) is 60.9 Å². The van der Waals surface area contributed by atoms with E-state index in [2.05, 4.69) is 23.4 Å². The van der Waals surface area contributed by atoms with E-state index < -0.39 is 0 Å². The number of hydrogen-bond donors (Lipinski definition) is 1. The number of nitrogens with zero attached hydrogens (tertiary/aromatic N) is 2. The summed E-state index contributed by atoms with van der Waals surface area (Å²) >= 11 is 0. The zero-order valence-electron chi connectivity index (χ0n) is 12.3. The molecule has 1 unspecified atom stereocenters. The summed E-state index contributed by atoms with van der Waals surface area (Å²) in [6, 6.07) is 8.01. The van der Waals surface area contributed by atoms with Crippen LogP contribution in [0, 0.1) is 5.92 Å². The second kappa shape index (κ2) is 6.66. The molecule has 108 valence electrons. The summed E-state index contributed by atoms with van der Waals surface area (Å²) in [6.45, 7) is 5.41. The predicted octanol–water partition coefficient (Wildman–Crippen LogP) is 2.54. The number of nitrogens with two attached hydrogens (primary N) is 1. The third-order valence-corrected chi connectivity index (χ3v) is 3.76. The molecule has 0 fully saturated rings. The zero-order valence-corrected chi connectivity index (χ0v) is 12.3. The first-order chi connectivity index (χ1) is 9.71. The number of ketones is 1. The fourth-order valence-corrected chi connectivity index (χ4v) is 2.67. The summed E-state index contributed by atoms with van der Waals surface area (Å²) in [4.78, 5) is 16.9. The highest BCUT2D eigenvalue weighted by atomic mass is 16.1. The molecule has 2 N–H and O–H groups in total. The van der Waals surface area contributed by atoms with Crippen molar-refractivity contribution >= 4 is 16.8 Å². The van der Waals surface area contributed by atoms with Crippen molar-refractivity contribution in [1.29, 1.82) is 0 Å². The van der Waals surface area contributed by atoms with Gasteiger partial charge in [-0.25, -0.2) is 4.98 Å². The Labute approximate surface area is 120 Å². The molecule has 0 aliphatic carbocycles. The molecule has 0 saturated carbocycles. The molecule has 2 rings (SSSR count). The molecule has 4 nitrogen and oxygen atoms in total. The summed E-state index contributed by atoms with van der Waals surface area (Å²) in [6.07, 6.45) is 2.23. The smallest absolute Gasteiger partial charge is 0.144 e. The van der Waals surface area contributed by atoms with Crippen LogP contribution in [0.15, 0.2) is 24.3 Å². The average Bonchev–Trinajstić information content (AvgIpc) is 2.81. The molecule has 0 spiro atoms. The van der Waals surface area contributed by atoms with Crippen LogP contribution in [0.2, 0.25) is 0 Å². The van der Waals surface area contributed by atoms with E-state index in [1.54, 1.807) is 0 Å².